The molecule has 3 N–H and O–H groups in total. The first kappa shape index (κ1) is 13.9. The van der Waals surface area contributed by atoms with Crippen LogP contribution < -0.4 is 15.2 Å². The third-order valence-corrected chi connectivity index (χ3v) is 2.79. The molecule has 2 aromatic carbocycles. The van der Waals surface area contributed by atoms with Gasteiger partial charge in [-0.05, 0) is 55.8 Å². The van der Waals surface area contributed by atoms with Crippen LogP contribution in [0.5, 0.6) is 17.2 Å². The number of amidine groups is 1. The van der Waals surface area contributed by atoms with Crippen molar-refractivity contribution in [3.8, 4) is 17.2 Å². The van der Waals surface area contributed by atoms with Crippen molar-refractivity contribution in [1.29, 1.82) is 5.41 Å². The van der Waals surface area contributed by atoms with Crippen LogP contribution in [-0.4, -0.2) is 12.4 Å². The van der Waals surface area contributed by atoms with Gasteiger partial charge in [0.1, 0.15) is 23.1 Å². The Morgan fingerprint density at radius 3 is 2.35 bits per heavy atom. The molecule has 20 heavy (non-hydrogen) atoms. The van der Waals surface area contributed by atoms with Gasteiger partial charge in [-0.15, -0.1) is 0 Å². The average molecular weight is 270 g/mol. The largest absolute Gasteiger partial charge is 0.494 e. The Hall–Kier alpha value is -2.49. The molecule has 0 spiro atoms. The van der Waals surface area contributed by atoms with Gasteiger partial charge in [0.05, 0.1) is 12.2 Å². The Morgan fingerprint density at radius 1 is 1.10 bits per heavy atom. The van der Waals surface area contributed by atoms with E-state index in [0.29, 0.717) is 23.7 Å². The Balaban J connectivity index is 2.25. The van der Waals surface area contributed by atoms with Gasteiger partial charge in [0.2, 0.25) is 0 Å². The Kier molecular flexibility index (Phi) is 4.25. The van der Waals surface area contributed by atoms with E-state index >= 15 is 0 Å². The van der Waals surface area contributed by atoms with E-state index in [0.717, 1.165) is 11.3 Å². The second-order valence-electron chi connectivity index (χ2n) is 4.42. The molecule has 0 amide bonds. The molecule has 0 aromatic heterocycles. The maximum Gasteiger partial charge on any atom is 0.138 e. The summed E-state index contributed by atoms with van der Waals surface area (Å²) in [4.78, 5) is 0. The van der Waals surface area contributed by atoms with Gasteiger partial charge in [-0.25, -0.2) is 0 Å². The summed E-state index contributed by atoms with van der Waals surface area (Å²) in [6, 6.07) is 12.9. The molecule has 2 rings (SSSR count). The number of nitrogens with one attached hydrogen (secondary N) is 1. The normalized spacial score (nSPS) is 10.1. The fourth-order valence-corrected chi connectivity index (χ4v) is 1.83. The minimum atomic E-state index is -0.00839. The number of ether oxygens (including phenoxy) is 2. The zero-order chi connectivity index (χ0) is 14.5. The van der Waals surface area contributed by atoms with Gasteiger partial charge in [-0.3, -0.25) is 5.41 Å². The smallest absolute Gasteiger partial charge is 0.138 e. The first-order valence-electron chi connectivity index (χ1n) is 6.46. The summed E-state index contributed by atoms with van der Waals surface area (Å²) in [5.41, 5.74) is 7.20. The molecule has 0 aliphatic heterocycles. The lowest BCUT2D eigenvalue weighted by molar-refractivity contribution is 0.339. The molecule has 104 valence electrons. The summed E-state index contributed by atoms with van der Waals surface area (Å²) in [6.07, 6.45) is 0. The fourth-order valence-electron chi connectivity index (χ4n) is 1.83. The molecule has 0 saturated carbocycles. The molecule has 0 radical (unpaired) electrons. The first-order valence-corrected chi connectivity index (χ1v) is 6.46. The predicted octanol–water partition coefficient (Wildman–Crippen LogP) is 3.47. The topological polar surface area (TPSA) is 68.3 Å². The number of benzene rings is 2. The van der Waals surface area contributed by atoms with E-state index in [1.807, 2.05) is 50.2 Å². The fraction of sp³-hybridized carbons (Fsp3) is 0.188. The molecular weight excluding hydrogens is 252 g/mol. The molecule has 0 saturated heterocycles. The van der Waals surface area contributed by atoms with E-state index < -0.39 is 0 Å². The molecule has 0 bridgehead atoms. The van der Waals surface area contributed by atoms with Crippen molar-refractivity contribution in [3.05, 3.63) is 53.6 Å². The van der Waals surface area contributed by atoms with E-state index in [2.05, 4.69) is 0 Å². The summed E-state index contributed by atoms with van der Waals surface area (Å²) < 4.78 is 11.2. The van der Waals surface area contributed by atoms with E-state index in [4.69, 9.17) is 20.6 Å². The Labute approximate surface area is 118 Å². The third-order valence-electron chi connectivity index (χ3n) is 2.79. The average Bonchev–Trinajstić information content (AvgIpc) is 2.41. The summed E-state index contributed by atoms with van der Waals surface area (Å²) in [6.45, 7) is 4.54. The summed E-state index contributed by atoms with van der Waals surface area (Å²) >= 11 is 0. The highest BCUT2D eigenvalue weighted by molar-refractivity contribution is 5.97. The van der Waals surface area contributed by atoms with Gasteiger partial charge in [0, 0.05) is 0 Å². The van der Waals surface area contributed by atoms with Crippen LogP contribution in [0.15, 0.2) is 42.5 Å². The lowest BCUT2D eigenvalue weighted by Gasteiger charge is -2.11. The van der Waals surface area contributed by atoms with E-state index in [-0.39, 0.29) is 5.84 Å². The van der Waals surface area contributed by atoms with Crippen molar-refractivity contribution >= 4 is 5.84 Å². The van der Waals surface area contributed by atoms with Crippen LogP contribution in [0.2, 0.25) is 0 Å². The number of nitrogens with two attached hydrogens (primary N) is 1. The monoisotopic (exact) mass is 270 g/mol. The number of hydrogen-bond acceptors (Lipinski definition) is 3. The third kappa shape index (κ3) is 3.29. The number of hydrogen-bond donors (Lipinski definition) is 2. The van der Waals surface area contributed by atoms with Gasteiger partial charge >= 0.3 is 0 Å². The van der Waals surface area contributed by atoms with Crippen LogP contribution in [0.3, 0.4) is 0 Å². The van der Waals surface area contributed by atoms with E-state index in [9.17, 15) is 0 Å². The number of aryl methyl sites for hydroxylation is 1. The zero-order valence-electron chi connectivity index (χ0n) is 11.6. The van der Waals surface area contributed by atoms with Gasteiger partial charge in [0.25, 0.3) is 0 Å². The van der Waals surface area contributed by atoms with Crippen LogP contribution in [0.25, 0.3) is 0 Å². The van der Waals surface area contributed by atoms with Crippen molar-refractivity contribution in [2.24, 2.45) is 5.73 Å². The molecule has 0 aliphatic rings. The molecule has 0 heterocycles. The van der Waals surface area contributed by atoms with Crippen LogP contribution >= 0.6 is 0 Å². The van der Waals surface area contributed by atoms with Crippen molar-refractivity contribution in [2.45, 2.75) is 13.8 Å². The predicted molar refractivity (Wildman–Crippen MR) is 79.9 cm³/mol. The van der Waals surface area contributed by atoms with Crippen molar-refractivity contribution in [2.75, 3.05) is 6.61 Å². The molecule has 0 aliphatic carbocycles. The second kappa shape index (κ2) is 6.10. The summed E-state index contributed by atoms with van der Waals surface area (Å²) in [5.74, 6) is 2.06. The Bertz CT molecular complexity index is 606. The standard InChI is InChI=1S/C16H18N2O2/c1-3-19-12-5-7-13(8-6-12)20-15-10-11(2)4-9-14(15)16(17)18/h4-10H,3H2,1-2H3,(H3,17,18). The van der Waals surface area contributed by atoms with Crippen molar-refractivity contribution < 1.29 is 9.47 Å². The van der Waals surface area contributed by atoms with Gasteiger partial charge in [-0.1, -0.05) is 6.07 Å². The van der Waals surface area contributed by atoms with E-state index in [1.54, 1.807) is 6.07 Å². The van der Waals surface area contributed by atoms with Crippen molar-refractivity contribution in [3.63, 3.8) is 0 Å². The SMILES string of the molecule is CCOc1ccc(Oc2cc(C)ccc2C(=N)N)cc1. The molecule has 0 unspecified atom stereocenters. The molecule has 0 atom stereocenters. The number of nitrogen functional groups attached to an aromatic ring is 1. The highest BCUT2D eigenvalue weighted by Gasteiger charge is 2.08. The van der Waals surface area contributed by atoms with Gasteiger partial charge in [0.15, 0.2) is 0 Å². The second-order valence-corrected chi connectivity index (χ2v) is 4.42. The van der Waals surface area contributed by atoms with Gasteiger partial charge < -0.3 is 15.2 Å². The van der Waals surface area contributed by atoms with Gasteiger partial charge in [-0.2, -0.15) is 0 Å². The summed E-state index contributed by atoms with van der Waals surface area (Å²) in [7, 11) is 0. The van der Waals surface area contributed by atoms with Crippen LogP contribution in [0, 0.1) is 12.3 Å². The lowest BCUT2D eigenvalue weighted by atomic mass is 10.1. The zero-order valence-corrected chi connectivity index (χ0v) is 11.6. The molecular formula is C16H18N2O2. The molecule has 0 fully saturated rings. The van der Waals surface area contributed by atoms with Crippen molar-refractivity contribution in [1.82, 2.24) is 0 Å². The minimum absolute atomic E-state index is 0.00839. The maximum absolute atomic E-state index is 7.58. The highest BCUT2D eigenvalue weighted by Crippen LogP contribution is 2.27. The molecule has 4 heteroatoms. The van der Waals surface area contributed by atoms with Crippen LogP contribution in [0.4, 0.5) is 0 Å². The quantitative estimate of drug-likeness (QED) is 0.645. The highest BCUT2D eigenvalue weighted by atomic mass is 16.5. The first-order chi connectivity index (χ1) is 9.60. The number of rotatable bonds is 5. The minimum Gasteiger partial charge on any atom is -0.494 e. The lowest BCUT2D eigenvalue weighted by Crippen LogP contribution is -2.12. The maximum atomic E-state index is 7.58. The molecule has 2 aromatic rings. The van der Waals surface area contributed by atoms with Crippen LogP contribution in [0.1, 0.15) is 18.1 Å². The summed E-state index contributed by atoms with van der Waals surface area (Å²) in [5, 5.41) is 7.58. The van der Waals surface area contributed by atoms with Crippen LogP contribution in [-0.2, 0) is 0 Å². The Morgan fingerprint density at radius 2 is 1.75 bits per heavy atom. The van der Waals surface area contributed by atoms with E-state index in [1.165, 1.54) is 0 Å². The molecule has 4 nitrogen and oxygen atoms in total.